The van der Waals surface area contributed by atoms with Gasteiger partial charge in [0.1, 0.15) is 21.0 Å². The summed E-state index contributed by atoms with van der Waals surface area (Å²) in [6, 6.07) is 23.9. The summed E-state index contributed by atoms with van der Waals surface area (Å²) < 4.78 is 11.3. The van der Waals surface area contributed by atoms with Crippen LogP contribution in [-0.2, 0) is 0 Å². The Bertz CT molecular complexity index is 1080. The lowest BCUT2D eigenvalue weighted by atomic mass is 10.0. The van der Waals surface area contributed by atoms with Crippen LogP contribution in [0.3, 0.4) is 0 Å². The van der Waals surface area contributed by atoms with E-state index in [-0.39, 0.29) is 0 Å². The van der Waals surface area contributed by atoms with Gasteiger partial charge in [0.15, 0.2) is 0 Å². The summed E-state index contributed by atoms with van der Waals surface area (Å²) in [5.74, 6) is 2.28. The van der Waals surface area contributed by atoms with Gasteiger partial charge in [0.2, 0.25) is 0 Å². The molecule has 2 heterocycles. The molecule has 5 nitrogen and oxygen atoms in total. The maximum atomic E-state index is 5.62. The zero-order chi connectivity index (χ0) is 23.1. The quantitative estimate of drug-likeness (QED) is 0.243. The lowest BCUT2D eigenvalue weighted by Crippen LogP contribution is -1.94. The molecule has 0 spiro atoms. The summed E-state index contributed by atoms with van der Waals surface area (Å²) in [6.07, 6.45) is 0. The second-order valence-corrected chi connectivity index (χ2v) is 8.20. The van der Waals surface area contributed by atoms with Gasteiger partial charge in [0, 0.05) is 22.5 Å². The molecule has 164 valence electrons. The number of halogens is 1. The molecule has 0 aliphatic rings. The number of benzene rings is 2. The van der Waals surface area contributed by atoms with E-state index in [0.29, 0.717) is 5.82 Å². The highest BCUT2D eigenvalue weighted by Gasteiger charge is 2.04. The zero-order valence-electron chi connectivity index (χ0n) is 18.6. The molecule has 0 amide bonds. The van der Waals surface area contributed by atoms with Gasteiger partial charge in [0.25, 0.3) is 0 Å². The van der Waals surface area contributed by atoms with Crippen LogP contribution in [0.5, 0.6) is 11.5 Å². The molecule has 2 N–H and O–H groups in total. The monoisotopic (exact) mass is 539 g/mol. The maximum absolute atomic E-state index is 5.62. The molecular formula is C26H26IN3O2. The molecule has 0 bridgehead atoms. The van der Waals surface area contributed by atoms with Crippen LogP contribution < -0.4 is 15.2 Å². The van der Waals surface area contributed by atoms with Crippen molar-refractivity contribution in [2.45, 2.75) is 13.8 Å². The average molecular weight is 539 g/mol. The lowest BCUT2D eigenvalue weighted by Gasteiger charge is -2.07. The van der Waals surface area contributed by atoms with Crippen LogP contribution in [0.1, 0.15) is 11.4 Å². The first-order chi connectivity index (χ1) is 15.4. The molecule has 0 aliphatic carbocycles. The van der Waals surface area contributed by atoms with Crippen molar-refractivity contribution in [3.05, 3.63) is 87.9 Å². The first-order valence-corrected chi connectivity index (χ1v) is 11.1. The molecule has 0 atom stereocenters. The van der Waals surface area contributed by atoms with Gasteiger partial charge >= 0.3 is 0 Å². The first kappa shape index (κ1) is 23.5. The van der Waals surface area contributed by atoms with Crippen molar-refractivity contribution in [2.75, 3.05) is 20.0 Å². The van der Waals surface area contributed by atoms with Crippen LogP contribution in [0, 0.1) is 17.5 Å². The van der Waals surface area contributed by atoms with Gasteiger partial charge < -0.3 is 15.2 Å². The van der Waals surface area contributed by atoms with Crippen molar-refractivity contribution < 1.29 is 9.47 Å². The molecule has 6 heteroatoms. The highest BCUT2D eigenvalue weighted by atomic mass is 127. The normalized spacial score (nSPS) is 10.2. The number of nitrogen functional groups attached to an aromatic ring is 1. The highest BCUT2D eigenvalue weighted by molar-refractivity contribution is 14.1. The van der Waals surface area contributed by atoms with Crippen LogP contribution in [0.2, 0.25) is 0 Å². The Morgan fingerprint density at radius 1 is 0.625 bits per heavy atom. The third-order valence-electron chi connectivity index (χ3n) is 4.96. The molecule has 0 aliphatic heterocycles. The van der Waals surface area contributed by atoms with Crippen molar-refractivity contribution >= 4 is 28.4 Å². The Morgan fingerprint density at radius 2 is 1.06 bits per heavy atom. The van der Waals surface area contributed by atoms with Crippen LogP contribution in [0.15, 0.2) is 72.8 Å². The van der Waals surface area contributed by atoms with E-state index < -0.39 is 0 Å². The van der Waals surface area contributed by atoms with E-state index in [1.165, 1.54) is 11.1 Å². The average Bonchev–Trinajstić information content (AvgIpc) is 2.80. The number of ether oxygens (including phenoxy) is 2. The predicted molar refractivity (Wildman–Crippen MR) is 139 cm³/mol. The number of aryl methyl sites for hydroxylation is 2. The van der Waals surface area contributed by atoms with E-state index in [4.69, 9.17) is 15.2 Å². The van der Waals surface area contributed by atoms with E-state index in [2.05, 4.69) is 50.8 Å². The number of hydrogen-bond donors (Lipinski definition) is 1. The fourth-order valence-electron chi connectivity index (χ4n) is 3.26. The van der Waals surface area contributed by atoms with Crippen molar-refractivity contribution in [3.8, 4) is 33.8 Å². The van der Waals surface area contributed by atoms with Gasteiger partial charge in [-0.25, -0.2) is 9.97 Å². The van der Waals surface area contributed by atoms with Crippen molar-refractivity contribution in [3.63, 3.8) is 0 Å². The molecule has 0 saturated heterocycles. The van der Waals surface area contributed by atoms with E-state index in [1.54, 1.807) is 14.2 Å². The van der Waals surface area contributed by atoms with Gasteiger partial charge in [-0.15, -0.1) is 0 Å². The number of methoxy groups -OCH3 is 2. The Hall–Kier alpha value is -3.13. The highest BCUT2D eigenvalue weighted by Crippen LogP contribution is 2.26. The standard InChI is InChI=1S/C13H12INO.C13H14N2O/c2*1-9-12(7-8-13(14)15-9)10-3-5-11(16-2)6-4-10/h3-8H,1-2H3;3-8H,1-2H3,(H2,14,15). The van der Waals surface area contributed by atoms with E-state index >= 15 is 0 Å². The largest absolute Gasteiger partial charge is 0.497 e. The summed E-state index contributed by atoms with van der Waals surface area (Å²) in [5.41, 5.74) is 12.2. The molecule has 32 heavy (non-hydrogen) atoms. The first-order valence-electron chi connectivity index (χ1n) is 10.1. The van der Waals surface area contributed by atoms with Gasteiger partial charge in [-0.2, -0.15) is 0 Å². The Labute approximate surface area is 202 Å². The predicted octanol–water partition coefficient (Wildman–Crippen LogP) is 6.32. The molecule has 2 aromatic heterocycles. The molecule has 4 aromatic rings. The summed E-state index contributed by atoms with van der Waals surface area (Å²) in [5, 5.41) is 0. The summed E-state index contributed by atoms with van der Waals surface area (Å²) in [7, 11) is 3.33. The van der Waals surface area contributed by atoms with Gasteiger partial charge in [-0.05, 0) is 96.1 Å². The second-order valence-electron chi connectivity index (χ2n) is 7.09. The Kier molecular flexibility index (Phi) is 8.05. The fourth-order valence-corrected chi connectivity index (χ4v) is 3.80. The smallest absolute Gasteiger partial charge is 0.123 e. The molecular weight excluding hydrogens is 513 g/mol. The van der Waals surface area contributed by atoms with Crippen LogP contribution in [-0.4, -0.2) is 24.2 Å². The minimum absolute atomic E-state index is 0.551. The number of aromatic nitrogens is 2. The van der Waals surface area contributed by atoms with Crippen molar-refractivity contribution in [2.24, 2.45) is 0 Å². The Morgan fingerprint density at radius 3 is 1.47 bits per heavy atom. The minimum atomic E-state index is 0.551. The van der Waals surface area contributed by atoms with Gasteiger partial charge in [0.05, 0.1) is 14.2 Å². The minimum Gasteiger partial charge on any atom is -0.497 e. The maximum Gasteiger partial charge on any atom is 0.123 e. The van der Waals surface area contributed by atoms with E-state index in [0.717, 1.165) is 37.7 Å². The lowest BCUT2D eigenvalue weighted by molar-refractivity contribution is 0.415. The molecule has 2 aromatic carbocycles. The number of anilines is 1. The number of hydrogen-bond acceptors (Lipinski definition) is 5. The van der Waals surface area contributed by atoms with Crippen molar-refractivity contribution in [1.82, 2.24) is 9.97 Å². The van der Waals surface area contributed by atoms with Gasteiger partial charge in [-0.3, -0.25) is 0 Å². The van der Waals surface area contributed by atoms with E-state index in [9.17, 15) is 0 Å². The summed E-state index contributed by atoms with van der Waals surface area (Å²) in [6.45, 7) is 3.98. The second kappa shape index (κ2) is 10.9. The molecule has 0 saturated carbocycles. The Balaban J connectivity index is 0.000000181. The zero-order valence-corrected chi connectivity index (χ0v) is 20.8. The third-order valence-corrected chi connectivity index (χ3v) is 5.56. The number of nitrogens with two attached hydrogens (primary N) is 1. The van der Waals surface area contributed by atoms with Gasteiger partial charge in [-0.1, -0.05) is 24.3 Å². The molecule has 0 unspecified atom stereocenters. The third kappa shape index (κ3) is 5.97. The van der Waals surface area contributed by atoms with Crippen LogP contribution in [0.4, 0.5) is 5.82 Å². The fraction of sp³-hybridized carbons (Fsp3) is 0.154. The number of nitrogens with zero attached hydrogens (tertiary/aromatic N) is 2. The number of pyridine rings is 2. The SMILES string of the molecule is COc1ccc(-c2ccc(I)nc2C)cc1.COc1ccc(-c2ccc(N)nc2C)cc1. The van der Waals surface area contributed by atoms with Crippen LogP contribution in [0.25, 0.3) is 22.3 Å². The van der Waals surface area contributed by atoms with Crippen molar-refractivity contribution in [1.29, 1.82) is 0 Å². The van der Waals surface area contributed by atoms with Crippen LogP contribution >= 0.6 is 22.6 Å². The topological polar surface area (TPSA) is 70.3 Å². The molecule has 0 fully saturated rings. The summed E-state index contributed by atoms with van der Waals surface area (Å²) in [4.78, 5) is 8.69. The summed E-state index contributed by atoms with van der Waals surface area (Å²) >= 11 is 2.22. The molecule has 0 radical (unpaired) electrons. The van der Waals surface area contributed by atoms with E-state index in [1.807, 2.05) is 68.4 Å². The molecule has 4 rings (SSSR count). The number of rotatable bonds is 4.